The first-order valence-corrected chi connectivity index (χ1v) is 7.05. The number of benzene rings is 1. The highest BCUT2D eigenvalue weighted by Gasteiger charge is 2.19. The van der Waals surface area contributed by atoms with Gasteiger partial charge in [-0.2, -0.15) is 0 Å². The molecule has 1 amide bonds. The molecule has 110 valence electrons. The van der Waals surface area contributed by atoms with Crippen LogP contribution >= 0.6 is 11.6 Å². The van der Waals surface area contributed by atoms with Gasteiger partial charge in [0.15, 0.2) is 0 Å². The fourth-order valence-corrected chi connectivity index (χ4v) is 2.78. The van der Waals surface area contributed by atoms with Gasteiger partial charge in [-0.05, 0) is 18.2 Å². The lowest BCUT2D eigenvalue weighted by Gasteiger charge is -2.09. The lowest BCUT2D eigenvalue weighted by atomic mass is 10.2. The lowest BCUT2D eigenvalue weighted by molar-refractivity contribution is 0.0696. The predicted molar refractivity (Wildman–Crippen MR) is 69.1 cm³/mol. The zero-order valence-electron chi connectivity index (χ0n) is 10.00. The van der Waals surface area contributed by atoms with Crippen LogP contribution in [0.1, 0.15) is 10.4 Å². The normalized spacial score (nSPS) is 11.1. The molecule has 0 unspecified atom stereocenters. The molecule has 0 aliphatic heterocycles. The molecule has 1 aromatic rings. The number of carbonyl (C=O) groups excluding carboxylic acids is 1. The van der Waals surface area contributed by atoms with E-state index in [9.17, 15) is 18.0 Å². The standard InChI is InChI=1S/C10H11ClN2O6S/c11-7-2-1-6(9(14)15)5-8(7)20(17,18)13-3-4-19-10(12)16/h1-2,5,13H,3-4H2,(H2,12,16)(H,14,15). The number of sulfonamides is 1. The Balaban J connectivity index is 2.89. The van der Waals surface area contributed by atoms with E-state index in [0.29, 0.717) is 0 Å². The second-order valence-electron chi connectivity index (χ2n) is 3.52. The molecule has 4 N–H and O–H groups in total. The lowest BCUT2D eigenvalue weighted by Crippen LogP contribution is -2.29. The maximum atomic E-state index is 11.9. The molecule has 0 saturated carbocycles. The molecule has 0 aromatic heterocycles. The summed E-state index contributed by atoms with van der Waals surface area (Å²) in [5.41, 5.74) is 4.49. The minimum Gasteiger partial charge on any atom is -0.478 e. The van der Waals surface area contributed by atoms with Gasteiger partial charge in [0.2, 0.25) is 10.0 Å². The van der Waals surface area contributed by atoms with Gasteiger partial charge in [0.05, 0.1) is 10.6 Å². The molecule has 0 saturated heterocycles. The monoisotopic (exact) mass is 322 g/mol. The second kappa shape index (κ2) is 6.55. The van der Waals surface area contributed by atoms with Crippen LogP contribution in [0, 0.1) is 0 Å². The van der Waals surface area contributed by atoms with Crippen molar-refractivity contribution < 1.29 is 27.9 Å². The van der Waals surface area contributed by atoms with Crippen LogP contribution in [0.5, 0.6) is 0 Å². The van der Waals surface area contributed by atoms with Crippen molar-refractivity contribution in [2.24, 2.45) is 5.73 Å². The number of nitrogens with one attached hydrogen (secondary N) is 1. The van der Waals surface area contributed by atoms with E-state index in [4.69, 9.17) is 22.4 Å². The van der Waals surface area contributed by atoms with Crippen molar-refractivity contribution in [1.29, 1.82) is 0 Å². The summed E-state index contributed by atoms with van der Waals surface area (Å²) >= 11 is 5.73. The van der Waals surface area contributed by atoms with Gasteiger partial charge in [-0.25, -0.2) is 22.7 Å². The van der Waals surface area contributed by atoms with E-state index in [2.05, 4.69) is 9.46 Å². The number of carboxylic acid groups (broad SMARTS) is 1. The summed E-state index contributed by atoms with van der Waals surface area (Å²) in [5.74, 6) is -1.28. The largest absolute Gasteiger partial charge is 0.478 e. The van der Waals surface area contributed by atoms with Gasteiger partial charge in [0.25, 0.3) is 0 Å². The number of amides is 1. The first-order chi connectivity index (χ1) is 9.24. The van der Waals surface area contributed by atoms with Crippen molar-refractivity contribution in [3.05, 3.63) is 28.8 Å². The Bertz CT molecular complexity index is 631. The third-order valence-electron chi connectivity index (χ3n) is 2.11. The highest BCUT2D eigenvalue weighted by atomic mass is 35.5. The molecule has 10 heteroatoms. The molecular weight excluding hydrogens is 312 g/mol. The summed E-state index contributed by atoms with van der Waals surface area (Å²) in [6, 6.07) is 3.28. The van der Waals surface area contributed by atoms with E-state index in [-0.39, 0.29) is 28.6 Å². The number of carboxylic acids is 1. The quantitative estimate of drug-likeness (QED) is 0.649. The molecule has 0 radical (unpaired) electrons. The zero-order chi connectivity index (χ0) is 15.3. The highest BCUT2D eigenvalue weighted by molar-refractivity contribution is 7.89. The molecule has 0 heterocycles. The van der Waals surface area contributed by atoms with E-state index in [0.717, 1.165) is 6.07 Å². The number of carbonyl (C=O) groups is 2. The summed E-state index contributed by atoms with van der Waals surface area (Å²) in [5, 5.41) is 8.68. The number of halogens is 1. The SMILES string of the molecule is NC(=O)OCCNS(=O)(=O)c1cc(C(=O)O)ccc1Cl. The Hall–Kier alpha value is -1.84. The maximum absolute atomic E-state index is 11.9. The van der Waals surface area contributed by atoms with E-state index < -0.39 is 22.1 Å². The first-order valence-electron chi connectivity index (χ1n) is 5.19. The smallest absolute Gasteiger partial charge is 0.404 e. The summed E-state index contributed by atoms with van der Waals surface area (Å²) in [7, 11) is -4.02. The van der Waals surface area contributed by atoms with Crippen LogP contribution in [-0.4, -0.2) is 38.7 Å². The third-order valence-corrected chi connectivity index (χ3v) is 4.05. The van der Waals surface area contributed by atoms with Gasteiger partial charge in [-0.3, -0.25) is 0 Å². The topological polar surface area (TPSA) is 136 Å². The fourth-order valence-electron chi connectivity index (χ4n) is 1.25. The van der Waals surface area contributed by atoms with Gasteiger partial charge in [-0.1, -0.05) is 11.6 Å². The van der Waals surface area contributed by atoms with Crippen molar-refractivity contribution in [3.63, 3.8) is 0 Å². The van der Waals surface area contributed by atoms with Crippen molar-refractivity contribution in [1.82, 2.24) is 4.72 Å². The molecule has 0 fully saturated rings. The summed E-state index contributed by atoms with van der Waals surface area (Å²) in [6.45, 7) is -0.482. The highest BCUT2D eigenvalue weighted by Crippen LogP contribution is 2.22. The number of nitrogens with two attached hydrogens (primary N) is 1. The number of primary amides is 1. The number of hydrogen-bond acceptors (Lipinski definition) is 5. The molecule has 0 aliphatic carbocycles. The zero-order valence-corrected chi connectivity index (χ0v) is 11.6. The molecular formula is C10H11ClN2O6S. The fraction of sp³-hybridized carbons (Fsp3) is 0.200. The molecule has 1 aromatic carbocycles. The van der Waals surface area contributed by atoms with Gasteiger partial charge >= 0.3 is 12.1 Å². The maximum Gasteiger partial charge on any atom is 0.404 e. The molecule has 0 bridgehead atoms. The molecule has 20 heavy (non-hydrogen) atoms. The van der Waals surface area contributed by atoms with Crippen molar-refractivity contribution >= 4 is 33.7 Å². The molecule has 8 nitrogen and oxygen atoms in total. The van der Waals surface area contributed by atoms with Crippen LogP contribution in [0.25, 0.3) is 0 Å². The van der Waals surface area contributed by atoms with Crippen LogP contribution in [0.15, 0.2) is 23.1 Å². The van der Waals surface area contributed by atoms with Crippen LogP contribution in [0.3, 0.4) is 0 Å². The number of ether oxygens (including phenoxy) is 1. The average Bonchev–Trinajstić information content (AvgIpc) is 2.34. The van der Waals surface area contributed by atoms with Crippen molar-refractivity contribution in [3.8, 4) is 0 Å². The summed E-state index contributed by atoms with van der Waals surface area (Å²) in [4.78, 5) is 20.7. The van der Waals surface area contributed by atoms with Crippen molar-refractivity contribution in [2.45, 2.75) is 4.90 Å². The molecule has 0 atom stereocenters. The Labute approximate surface area is 119 Å². The average molecular weight is 323 g/mol. The van der Waals surface area contributed by atoms with Gasteiger partial charge in [0.1, 0.15) is 11.5 Å². The Morgan fingerprint density at radius 1 is 1.40 bits per heavy atom. The number of rotatable bonds is 6. The Morgan fingerprint density at radius 2 is 2.05 bits per heavy atom. The summed E-state index contributed by atoms with van der Waals surface area (Å²) < 4.78 is 30.3. The number of aromatic carboxylic acids is 1. The van der Waals surface area contributed by atoms with Crippen LogP contribution in [0.2, 0.25) is 5.02 Å². The second-order valence-corrected chi connectivity index (χ2v) is 5.66. The van der Waals surface area contributed by atoms with E-state index in [1.807, 2.05) is 0 Å². The van der Waals surface area contributed by atoms with E-state index >= 15 is 0 Å². The van der Waals surface area contributed by atoms with Crippen LogP contribution < -0.4 is 10.5 Å². The number of hydrogen-bond donors (Lipinski definition) is 3. The summed E-state index contributed by atoms with van der Waals surface area (Å²) in [6.07, 6.45) is -1.03. The predicted octanol–water partition coefficient (Wildman–Crippen LogP) is 0.412. The van der Waals surface area contributed by atoms with Crippen molar-refractivity contribution in [2.75, 3.05) is 13.2 Å². The Morgan fingerprint density at radius 3 is 2.60 bits per heavy atom. The van der Waals surface area contributed by atoms with Crippen LogP contribution in [-0.2, 0) is 14.8 Å². The van der Waals surface area contributed by atoms with E-state index in [1.165, 1.54) is 12.1 Å². The molecule has 0 aliphatic rings. The third kappa shape index (κ3) is 4.37. The van der Waals surface area contributed by atoms with Crippen LogP contribution in [0.4, 0.5) is 4.79 Å². The first kappa shape index (κ1) is 16.2. The Kier molecular flexibility index (Phi) is 5.31. The molecule has 0 spiro atoms. The minimum atomic E-state index is -4.02. The van der Waals surface area contributed by atoms with Gasteiger partial charge in [-0.15, -0.1) is 0 Å². The molecule has 1 rings (SSSR count). The van der Waals surface area contributed by atoms with Gasteiger partial charge in [0, 0.05) is 6.54 Å². The van der Waals surface area contributed by atoms with E-state index in [1.54, 1.807) is 0 Å². The van der Waals surface area contributed by atoms with Gasteiger partial charge < -0.3 is 15.6 Å². The minimum absolute atomic E-state index is 0.127.